The second-order valence-corrected chi connectivity index (χ2v) is 8.27. The second-order valence-electron chi connectivity index (χ2n) is 7.10. The van der Waals surface area contributed by atoms with Gasteiger partial charge in [0.15, 0.2) is 0 Å². The molecular weight excluding hydrogens is 409 g/mol. The van der Waals surface area contributed by atoms with Crippen LogP contribution in [0.3, 0.4) is 0 Å². The average molecular weight is 433 g/mol. The number of hydrogen-bond donors (Lipinski definition) is 0. The number of carbonyl (C=O) groups is 2. The third-order valence-electron chi connectivity index (χ3n) is 2.46. The second kappa shape index (κ2) is 7.51. The molecule has 0 N–H and O–H groups in total. The van der Waals surface area contributed by atoms with Crippen LogP contribution >= 0.6 is 22.6 Å². The maximum absolute atomic E-state index is 12.5. The van der Waals surface area contributed by atoms with E-state index in [-0.39, 0.29) is 6.54 Å². The van der Waals surface area contributed by atoms with E-state index >= 15 is 0 Å². The molecule has 128 valence electrons. The Bertz CT molecular complexity index is 573. The lowest BCUT2D eigenvalue weighted by molar-refractivity contribution is -0.153. The van der Waals surface area contributed by atoms with Crippen molar-refractivity contribution in [2.45, 2.75) is 52.7 Å². The highest BCUT2D eigenvalue weighted by Gasteiger charge is 2.28. The molecule has 0 unspecified atom stereocenters. The number of hydrogen-bond acceptors (Lipinski definition) is 4. The van der Waals surface area contributed by atoms with Crippen LogP contribution in [0.5, 0.6) is 0 Å². The summed E-state index contributed by atoms with van der Waals surface area (Å²) >= 11 is 2.12. The third-order valence-corrected chi connectivity index (χ3v) is 3.38. The number of amides is 1. The van der Waals surface area contributed by atoms with Gasteiger partial charge in [-0.3, -0.25) is 9.69 Å². The smallest absolute Gasteiger partial charge is 0.415 e. The molecule has 5 nitrogen and oxygen atoms in total. The number of esters is 1. The Hall–Kier alpha value is -1.31. The predicted octanol–water partition coefficient (Wildman–Crippen LogP) is 4.37. The molecule has 0 heterocycles. The summed E-state index contributed by atoms with van der Waals surface area (Å²) in [5.41, 5.74) is -0.641. The van der Waals surface area contributed by atoms with Crippen LogP contribution in [0.15, 0.2) is 24.3 Å². The van der Waals surface area contributed by atoms with Gasteiger partial charge in [-0.05, 0) is 76.3 Å². The number of halogens is 1. The number of ether oxygens (including phenoxy) is 2. The van der Waals surface area contributed by atoms with Crippen LogP contribution in [-0.4, -0.2) is 29.8 Å². The zero-order chi connectivity index (χ0) is 17.8. The van der Waals surface area contributed by atoms with Gasteiger partial charge in [-0.15, -0.1) is 0 Å². The number of anilines is 1. The molecule has 0 aromatic heterocycles. The monoisotopic (exact) mass is 433 g/mol. The Labute approximate surface area is 151 Å². The van der Waals surface area contributed by atoms with E-state index in [0.717, 1.165) is 3.57 Å². The van der Waals surface area contributed by atoms with Gasteiger partial charge >= 0.3 is 12.1 Å². The minimum Gasteiger partial charge on any atom is -0.459 e. The van der Waals surface area contributed by atoms with E-state index in [9.17, 15) is 9.59 Å². The topological polar surface area (TPSA) is 55.8 Å². The van der Waals surface area contributed by atoms with Crippen molar-refractivity contribution < 1.29 is 19.1 Å². The summed E-state index contributed by atoms with van der Waals surface area (Å²) in [7, 11) is 0. The summed E-state index contributed by atoms with van der Waals surface area (Å²) in [5.74, 6) is -0.483. The summed E-state index contributed by atoms with van der Waals surface area (Å²) in [6.45, 7) is 10.5. The minimum atomic E-state index is -0.649. The van der Waals surface area contributed by atoms with Crippen molar-refractivity contribution in [2.75, 3.05) is 11.4 Å². The number of rotatable bonds is 3. The molecule has 0 saturated heterocycles. The normalized spacial score (nSPS) is 11.8. The van der Waals surface area contributed by atoms with Crippen LogP contribution in [0, 0.1) is 3.57 Å². The molecular formula is C17H24INO4. The Morgan fingerprint density at radius 1 is 1.00 bits per heavy atom. The third kappa shape index (κ3) is 7.20. The molecule has 6 heteroatoms. The van der Waals surface area contributed by atoms with Crippen molar-refractivity contribution >= 4 is 40.3 Å². The van der Waals surface area contributed by atoms with Gasteiger partial charge in [0.1, 0.15) is 17.7 Å². The van der Waals surface area contributed by atoms with Gasteiger partial charge in [-0.1, -0.05) is 12.1 Å². The highest BCUT2D eigenvalue weighted by atomic mass is 127. The summed E-state index contributed by atoms with van der Waals surface area (Å²) < 4.78 is 11.6. The van der Waals surface area contributed by atoms with Crippen molar-refractivity contribution in [1.82, 2.24) is 0 Å². The van der Waals surface area contributed by atoms with Gasteiger partial charge in [0, 0.05) is 3.57 Å². The zero-order valence-corrected chi connectivity index (χ0v) is 16.6. The van der Waals surface area contributed by atoms with Crippen molar-refractivity contribution in [3.63, 3.8) is 0 Å². The fourth-order valence-corrected chi connectivity index (χ4v) is 2.42. The first-order valence-corrected chi connectivity index (χ1v) is 8.44. The molecule has 1 amide bonds. The Morgan fingerprint density at radius 3 is 2.00 bits per heavy atom. The Kier molecular flexibility index (Phi) is 6.44. The highest BCUT2D eigenvalue weighted by molar-refractivity contribution is 14.1. The van der Waals surface area contributed by atoms with Crippen LogP contribution in [-0.2, 0) is 14.3 Å². The first-order chi connectivity index (χ1) is 10.4. The molecule has 0 atom stereocenters. The maximum Gasteiger partial charge on any atom is 0.415 e. The molecule has 0 radical (unpaired) electrons. The zero-order valence-electron chi connectivity index (χ0n) is 14.5. The first kappa shape index (κ1) is 19.7. The molecule has 0 bridgehead atoms. The molecule has 1 rings (SSSR count). The summed E-state index contributed by atoms with van der Waals surface area (Å²) in [4.78, 5) is 26.0. The molecule has 1 aromatic rings. The molecule has 0 fully saturated rings. The average Bonchev–Trinajstić information content (AvgIpc) is 2.32. The minimum absolute atomic E-state index is 0.202. The lowest BCUT2D eigenvalue weighted by atomic mass is 10.2. The molecule has 1 aromatic carbocycles. The SMILES string of the molecule is CC(C)(C)OC(=O)CN(C(=O)OC(C)(C)C)c1ccccc1I. The van der Waals surface area contributed by atoms with E-state index in [1.807, 2.05) is 18.2 Å². The fraction of sp³-hybridized carbons (Fsp3) is 0.529. The van der Waals surface area contributed by atoms with Crippen molar-refractivity contribution in [3.8, 4) is 0 Å². The summed E-state index contributed by atoms with van der Waals surface area (Å²) in [6.07, 6.45) is -0.576. The number of para-hydroxylation sites is 1. The number of benzene rings is 1. The molecule has 0 spiro atoms. The molecule has 0 aliphatic carbocycles. The van der Waals surface area contributed by atoms with Gasteiger partial charge in [0.25, 0.3) is 0 Å². The van der Waals surface area contributed by atoms with Gasteiger partial charge in [0.05, 0.1) is 5.69 Å². The van der Waals surface area contributed by atoms with E-state index in [1.165, 1.54) is 4.90 Å². The number of nitrogens with zero attached hydrogens (tertiary/aromatic N) is 1. The van der Waals surface area contributed by atoms with Gasteiger partial charge < -0.3 is 9.47 Å². The van der Waals surface area contributed by atoms with Crippen molar-refractivity contribution in [2.24, 2.45) is 0 Å². The van der Waals surface area contributed by atoms with Crippen LogP contribution in [0.1, 0.15) is 41.5 Å². The largest absolute Gasteiger partial charge is 0.459 e. The highest BCUT2D eigenvalue weighted by Crippen LogP contribution is 2.24. The quantitative estimate of drug-likeness (QED) is 0.525. The molecule has 0 aliphatic heterocycles. The molecule has 0 saturated carbocycles. The van der Waals surface area contributed by atoms with Crippen LogP contribution in [0.25, 0.3) is 0 Å². The van der Waals surface area contributed by atoms with E-state index < -0.39 is 23.3 Å². The fourth-order valence-electron chi connectivity index (χ4n) is 1.74. The Balaban J connectivity index is 3.05. The van der Waals surface area contributed by atoms with Gasteiger partial charge in [0.2, 0.25) is 0 Å². The van der Waals surface area contributed by atoms with Crippen LogP contribution < -0.4 is 4.90 Å². The summed E-state index contributed by atoms with van der Waals surface area (Å²) in [5, 5.41) is 0. The summed E-state index contributed by atoms with van der Waals surface area (Å²) in [6, 6.07) is 7.31. The van der Waals surface area contributed by atoms with E-state index in [4.69, 9.17) is 9.47 Å². The van der Waals surface area contributed by atoms with Crippen LogP contribution in [0.4, 0.5) is 10.5 Å². The van der Waals surface area contributed by atoms with E-state index in [1.54, 1.807) is 47.6 Å². The van der Waals surface area contributed by atoms with Gasteiger partial charge in [-0.25, -0.2) is 4.79 Å². The maximum atomic E-state index is 12.5. The van der Waals surface area contributed by atoms with Gasteiger partial charge in [-0.2, -0.15) is 0 Å². The van der Waals surface area contributed by atoms with Crippen molar-refractivity contribution in [3.05, 3.63) is 27.8 Å². The molecule has 23 heavy (non-hydrogen) atoms. The van der Waals surface area contributed by atoms with Crippen LogP contribution in [0.2, 0.25) is 0 Å². The first-order valence-electron chi connectivity index (χ1n) is 7.36. The predicted molar refractivity (Wildman–Crippen MR) is 98.6 cm³/mol. The lowest BCUT2D eigenvalue weighted by Gasteiger charge is -2.28. The Morgan fingerprint density at radius 2 is 1.52 bits per heavy atom. The lowest BCUT2D eigenvalue weighted by Crippen LogP contribution is -2.42. The number of carbonyl (C=O) groups excluding carboxylic acids is 2. The van der Waals surface area contributed by atoms with E-state index in [2.05, 4.69) is 22.6 Å². The van der Waals surface area contributed by atoms with Crippen molar-refractivity contribution in [1.29, 1.82) is 0 Å². The molecule has 0 aliphatic rings. The van der Waals surface area contributed by atoms with E-state index in [0.29, 0.717) is 5.69 Å². The standard InChI is InChI=1S/C17H24INO4/c1-16(2,3)22-14(20)11-19(15(21)23-17(4,5)6)13-10-8-7-9-12(13)18/h7-10H,11H2,1-6H3.